The molecule has 0 saturated heterocycles. The molecule has 1 rings (SSSR count). The summed E-state index contributed by atoms with van der Waals surface area (Å²) in [7, 11) is 0. The van der Waals surface area contributed by atoms with Crippen LogP contribution in [0.15, 0.2) is 18.2 Å². The van der Waals surface area contributed by atoms with Crippen LogP contribution >= 0.6 is 11.6 Å². The van der Waals surface area contributed by atoms with Crippen LogP contribution in [0.1, 0.15) is 33.3 Å². The van der Waals surface area contributed by atoms with E-state index in [1.54, 1.807) is 45.9 Å². The molecule has 1 atom stereocenters. The number of nitrogens with one attached hydrogen (secondary N) is 1. The van der Waals surface area contributed by atoms with Gasteiger partial charge in [0, 0.05) is 5.02 Å². The van der Waals surface area contributed by atoms with E-state index in [1.165, 1.54) is 0 Å². The minimum Gasteiger partial charge on any atom is -0.444 e. The first-order valence-corrected chi connectivity index (χ1v) is 6.63. The molecular weight excluding hydrogens is 280 g/mol. The molecule has 0 aliphatic rings. The third kappa shape index (κ3) is 4.67. The van der Waals surface area contributed by atoms with E-state index in [1.807, 2.05) is 0 Å². The van der Waals surface area contributed by atoms with E-state index >= 15 is 0 Å². The van der Waals surface area contributed by atoms with Crippen molar-refractivity contribution >= 4 is 23.4 Å². The minimum absolute atomic E-state index is 0.266. The number of amides is 1. The summed E-state index contributed by atoms with van der Waals surface area (Å²) in [6, 6.07) is 4.89. The average Bonchev–Trinajstić information content (AvgIpc) is 2.25. The predicted molar refractivity (Wildman–Crippen MR) is 79.9 cm³/mol. The van der Waals surface area contributed by atoms with Crippen molar-refractivity contribution in [3.8, 4) is 0 Å². The van der Waals surface area contributed by atoms with E-state index in [0.29, 0.717) is 16.3 Å². The van der Waals surface area contributed by atoms with Gasteiger partial charge in [0.25, 0.3) is 0 Å². The highest BCUT2D eigenvalue weighted by molar-refractivity contribution is 6.31. The van der Waals surface area contributed by atoms with Crippen molar-refractivity contribution in [1.82, 2.24) is 0 Å². The summed E-state index contributed by atoms with van der Waals surface area (Å²) in [4.78, 5) is 11.8. The molecule has 0 bridgehead atoms. The maximum atomic E-state index is 11.8. The molecule has 0 radical (unpaired) electrons. The second-order valence-electron chi connectivity index (χ2n) is 5.89. The highest BCUT2D eigenvalue weighted by atomic mass is 35.5. The SMILES string of the molecule is CC(C)(C)OC(=O)Nc1cc(Cl)ccc1C(C)(N)CO. The Labute approximate surface area is 124 Å². The zero-order valence-electron chi connectivity index (χ0n) is 12.2. The molecule has 1 amide bonds. The summed E-state index contributed by atoms with van der Waals surface area (Å²) in [5.74, 6) is 0. The number of ether oxygens (including phenoxy) is 1. The maximum Gasteiger partial charge on any atom is 0.412 e. The quantitative estimate of drug-likeness (QED) is 0.801. The summed E-state index contributed by atoms with van der Waals surface area (Å²) < 4.78 is 5.19. The lowest BCUT2D eigenvalue weighted by molar-refractivity contribution is 0.0635. The summed E-state index contributed by atoms with van der Waals surface area (Å²) in [5, 5.41) is 12.4. The van der Waals surface area contributed by atoms with Gasteiger partial charge >= 0.3 is 6.09 Å². The van der Waals surface area contributed by atoms with Crippen molar-refractivity contribution < 1.29 is 14.6 Å². The maximum absolute atomic E-state index is 11.8. The van der Waals surface area contributed by atoms with Crippen LogP contribution in [0.25, 0.3) is 0 Å². The first kappa shape index (κ1) is 16.8. The van der Waals surface area contributed by atoms with Crippen LogP contribution in [-0.4, -0.2) is 23.4 Å². The largest absolute Gasteiger partial charge is 0.444 e. The first-order chi connectivity index (χ1) is 9.05. The number of nitrogens with two attached hydrogens (primary N) is 1. The summed E-state index contributed by atoms with van der Waals surface area (Å²) in [6.45, 7) is 6.71. The Morgan fingerprint density at radius 3 is 2.50 bits per heavy atom. The molecule has 0 aliphatic heterocycles. The predicted octanol–water partition coefficient (Wildman–Crippen LogP) is 2.85. The summed E-state index contributed by atoms with van der Waals surface area (Å²) >= 11 is 5.93. The van der Waals surface area contributed by atoms with Crippen LogP contribution in [0, 0.1) is 0 Å². The third-order valence-corrected chi connectivity index (χ3v) is 2.80. The Bertz CT molecular complexity index is 496. The third-order valence-electron chi connectivity index (χ3n) is 2.56. The average molecular weight is 301 g/mol. The molecule has 0 saturated carbocycles. The molecule has 4 N–H and O–H groups in total. The number of carbonyl (C=O) groups is 1. The number of hydrogen-bond acceptors (Lipinski definition) is 4. The number of hydrogen-bond donors (Lipinski definition) is 3. The summed E-state index contributed by atoms with van der Waals surface area (Å²) in [6.07, 6.45) is -0.602. The van der Waals surface area contributed by atoms with Crippen LogP contribution in [0.5, 0.6) is 0 Å². The van der Waals surface area contributed by atoms with Crippen molar-refractivity contribution in [3.63, 3.8) is 0 Å². The lowest BCUT2D eigenvalue weighted by Crippen LogP contribution is -2.38. The Hall–Kier alpha value is -1.30. The molecule has 0 heterocycles. The molecule has 0 spiro atoms. The molecule has 112 valence electrons. The first-order valence-electron chi connectivity index (χ1n) is 6.25. The van der Waals surface area contributed by atoms with Crippen LogP contribution in [0.2, 0.25) is 5.02 Å². The van der Waals surface area contributed by atoms with Gasteiger partial charge in [-0.25, -0.2) is 4.79 Å². The molecule has 0 aromatic heterocycles. The highest BCUT2D eigenvalue weighted by Crippen LogP contribution is 2.29. The van der Waals surface area contributed by atoms with Gasteiger partial charge < -0.3 is 15.6 Å². The van der Waals surface area contributed by atoms with Gasteiger partial charge in [-0.1, -0.05) is 17.7 Å². The number of carbonyl (C=O) groups excluding carboxylic acids is 1. The van der Waals surface area contributed by atoms with Gasteiger partial charge in [0.2, 0.25) is 0 Å². The molecule has 1 aromatic carbocycles. The van der Waals surface area contributed by atoms with E-state index in [0.717, 1.165) is 0 Å². The normalized spacial score (nSPS) is 14.6. The Kier molecular flexibility index (Phi) is 5.02. The number of anilines is 1. The molecule has 0 aliphatic carbocycles. The summed E-state index contributed by atoms with van der Waals surface area (Å²) in [5.41, 5.74) is 5.41. The lowest BCUT2D eigenvalue weighted by Gasteiger charge is -2.26. The van der Waals surface area contributed by atoms with Crippen molar-refractivity contribution in [2.75, 3.05) is 11.9 Å². The van der Waals surface area contributed by atoms with Gasteiger partial charge in [0.05, 0.1) is 17.8 Å². The van der Waals surface area contributed by atoms with Crippen LogP contribution in [0.4, 0.5) is 10.5 Å². The van der Waals surface area contributed by atoms with Gasteiger partial charge in [0.15, 0.2) is 0 Å². The van der Waals surface area contributed by atoms with Crippen LogP contribution in [-0.2, 0) is 10.3 Å². The van der Waals surface area contributed by atoms with Crippen molar-refractivity contribution in [1.29, 1.82) is 0 Å². The number of rotatable bonds is 3. The zero-order valence-corrected chi connectivity index (χ0v) is 12.9. The van der Waals surface area contributed by atoms with Crippen LogP contribution < -0.4 is 11.1 Å². The van der Waals surface area contributed by atoms with E-state index in [4.69, 9.17) is 22.1 Å². The standard InChI is InChI=1S/C14H21ClN2O3/c1-13(2,3)20-12(19)17-11-7-9(15)5-6-10(11)14(4,16)8-18/h5-7,18H,8,16H2,1-4H3,(H,17,19). The van der Waals surface area contributed by atoms with Crippen molar-refractivity contribution in [3.05, 3.63) is 28.8 Å². The van der Waals surface area contributed by atoms with Gasteiger partial charge in [-0.05, 0) is 45.4 Å². The molecule has 0 fully saturated rings. The lowest BCUT2D eigenvalue weighted by atomic mass is 9.92. The molecule has 20 heavy (non-hydrogen) atoms. The van der Waals surface area contributed by atoms with Crippen molar-refractivity contribution in [2.24, 2.45) is 5.73 Å². The van der Waals surface area contributed by atoms with Crippen LogP contribution in [0.3, 0.4) is 0 Å². The fraction of sp³-hybridized carbons (Fsp3) is 0.500. The molecule has 6 heteroatoms. The number of aliphatic hydroxyl groups is 1. The van der Waals surface area contributed by atoms with Gasteiger partial charge in [0.1, 0.15) is 5.60 Å². The van der Waals surface area contributed by atoms with Gasteiger partial charge in [-0.2, -0.15) is 0 Å². The zero-order chi connectivity index (χ0) is 15.6. The molecule has 5 nitrogen and oxygen atoms in total. The number of aliphatic hydroxyl groups excluding tert-OH is 1. The topological polar surface area (TPSA) is 84.6 Å². The Morgan fingerprint density at radius 1 is 1.40 bits per heavy atom. The monoisotopic (exact) mass is 300 g/mol. The van der Waals surface area contributed by atoms with Gasteiger partial charge in [-0.3, -0.25) is 5.32 Å². The fourth-order valence-electron chi connectivity index (χ4n) is 1.62. The fourth-order valence-corrected chi connectivity index (χ4v) is 1.79. The molecular formula is C14H21ClN2O3. The Morgan fingerprint density at radius 2 is 2.00 bits per heavy atom. The highest BCUT2D eigenvalue weighted by Gasteiger charge is 2.25. The Balaban J connectivity index is 3.05. The van der Waals surface area contributed by atoms with E-state index < -0.39 is 17.2 Å². The second-order valence-corrected chi connectivity index (χ2v) is 6.33. The number of halogens is 1. The van der Waals surface area contributed by atoms with E-state index in [-0.39, 0.29) is 6.61 Å². The smallest absolute Gasteiger partial charge is 0.412 e. The van der Waals surface area contributed by atoms with Gasteiger partial charge in [-0.15, -0.1) is 0 Å². The molecule has 1 unspecified atom stereocenters. The number of benzene rings is 1. The molecule has 1 aromatic rings. The second kappa shape index (κ2) is 5.99. The minimum atomic E-state index is -0.991. The van der Waals surface area contributed by atoms with E-state index in [2.05, 4.69) is 5.32 Å². The van der Waals surface area contributed by atoms with E-state index in [9.17, 15) is 9.90 Å². The van der Waals surface area contributed by atoms with Crippen molar-refractivity contribution in [2.45, 2.75) is 38.8 Å².